The molecule has 0 aliphatic carbocycles. The molecule has 0 aromatic heterocycles. The minimum absolute atomic E-state index is 0. The van der Waals surface area contributed by atoms with E-state index in [0.29, 0.717) is 0 Å². The quantitative estimate of drug-likeness (QED) is 0.377. The van der Waals surface area contributed by atoms with E-state index in [1.165, 1.54) is 0 Å². The first kappa shape index (κ1) is 70.1. The first-order valence-corrected chi connectivity index (χ1v) is 0. The Labute approximate surface area is 53.2 Å². The second-order valence-corrected chi connectivity index (χ2v) is 0. The molecule has 0 rings (SSSR count). The summed E-state index contributed by atoms with van der Waals surface area (Å²) in [7, 11) is 0. The van der Waals surface area contributed by atoms with Crippen molar-refractivity contribution in [2.24, 2.45) is 0 Å². The first-order valence-electron chi connectivity index (χ1n) is 0. The van der Waals surface area contributed by atoms with Gasteiger partial charge in [-0.3, -0.25) is 4.70 Å². The number of halogens is 1. The molecule has 4 heteroatoms. The van der Waals surface area contributed by atoms with Crippen molar-refractivity contribution < 1.29 is 15.7 Å². The average Bonchev–Trinajstić information content (AvgIpc) is 0. The number of hydrogen-bond acceptors (Lipinski definition) is 2. The molecule has 0 atom stereocenters. The molecular weight excluding hydrogens is 91.1 g/mol. The predicted molar refractivity (Wildman–Crippen MR) is 12.1 cm³/mol. The third-order valence-corrected chi connectivity index (χ3v) is 0. The van der Waals surface area contributed by atoms with Crippen LogP contribution < -0.4 is 0 Å². The van der Waals surface area contributed by atoms with Gasteiger partial charge in [0, 0.05) is 0 Å². The van der Waals surface area contributed by atoms with Crippen molar-refractivity contribution >= 4 is 37.7 Å². The summed E-state index contributed by atoms with van der Waals surface area (Å²) in [5.41, 5.74) is 0. The summed E-state index contributed by atoms with van der Waals surface area (Å²) in [6.07, 6.45) is 0. The summed E-state index contributed by atoms with van der Waals surface area (Å²) < 4.78 is 0. The molecule has 0 aromatic rings. The molecule has 0 radical (unpaired) electrons. The molecule has 0 aliphatic heterocycles. The van der Waals surface area contributed by atoms with Gasteiger partial charge < -0.3 is 11.0 Å². The molecule has 0 aliphatic rings. The molecule has 0 aromatic carbocycles. The van der Waals surface area contributed by atoms with E-state index in [4.69, 9.17) is 0 Å². The molecule has 0 saturated heterocycles. The molecule has 2 nitrogen and oxygen atoms in total. The zero-order chi connectivity index (χ0) is 0. The molecule has 0 saturated carbocycles. The van der Waals surface area contributed by atoms with E-state index >= 15 is 0 Å². The maximum absolute atomic E-state index is 0. The van der Waals surface area contributed by atoms with Gasteiger partial charge in [0.05, 0.1) is 0 Å². The van der Waals surface area contributed by atoms with Gasteiger partial charge in [-0.25, -0.2) is 0 Å². The van der Waals surface area contributed by atoms with Crippen LogP contribution >= 0.6 is 0 Å². The Hall–Kier alpha value is 1.11. The molecule has 2 N–H and O–H groups in total. The Morgan fingerprint density at radius 3 is 0.750 bits per heavy atom. The molecule has 0 heterocycles. The van der Waals surface area contributed by atoms with Gasteiger partial charge in [-0.15, -0.1) is 0 Å². The van der Waals surface area contributed by atoms with Crippen LogP contribution in [0.25, 0.3) is 0 Å². The zero-order valence-corrected chi connectivity index (χ0v) is 4.22. The molecule has 24 valence electrons. The third-order valence-electron chi connectivity index (χ3n) is 0. The fourth-order valence-corrected chi connectivity index (χ4v) is 0. The minimum Gasteiger partial charge on any atom is -0.870 e. The van der Waals surface area contributed by atoms with Crippen LogP contribution in [0.1, 0.15) is 0 Å². The van der Waals surface area contributed by atoms with E-state index in [1.807, 2.05) is 0 Å². The van der Waals surface area contributed by atoms with Crippen molar-refractivity contribution in [2.75, 3.05) is 0 Å². The standard InChI is InChI=1S/Ca.FH.2H2O/h;1H;2*1H2/q+2;;;/p-2. The fraction of sp³-hybridized carbons (Fsp3) is 0. The van der Waals surface area contributed by atoms with Gasteiger partial charge in [0.15, 0.2) is 0 Å². The van der Waals surface area contributed by atoms with E-state index in [-0.39, 0.29) is 53.4 Å². The monoisotopic (exact) mass is 94.0 g/mol. The van der Waals surface area contributed by atoms with E-state index in [9.17, 15) is 0 Å². The van der Waals surface area contributed by atoms with Gasteiger partial charge in [0.2, 0.25) is 0 Å². The Bertz CT molecular complexity index is 6.00. The van der Waals surface area contributed by atoms with Gasteiger partial charge in [0.1, 0.15) is 0 Å². The maximum atomic E-state index is 0. The summed E-state index contributed by atoms with van der Waals surface area (Å²) in [6, 6.07) is 0. The van der Waals surface area contributed by atoms with E-state index in [0.717, 1.165) is 0 Å². The van der Waals surface area contributed by atoms with Crippen LogP contribution in [-0.2, 0) is 0 Å². The summed E-state index contributed by atoms with van der Waals surface area (Å²) >= 11 is 0. The van der Waals surface area contributed by atoms with Crippen molar-refractivity contribution in [3.63, 3.8) is 0 Å². The van der Waals surface area contributed by atoms with Crippen LogP contribution in [0.2, 0.25) is 0 Å². The summed E-state index contributed by atoms with van der Waals surface area (Å²) in [5.74, 6) is 0. The largest absolute Gasteiger partial charge is 2.00 e. The van der Waals surface area contributed by atoms with Gasteiger partial charge in [-0.1, -0.05) is 0 Å². The molecular formula is H3CaFO2. The van der Waals surface area contributed by atoms with Crippen molar-refractivity contribution in [3.05, 3.63) is 0 Å². The van der Waals surface area contributed by atoms with Gasteiger partial charge in [-0.05, 0) is 0 Å². The zero-order valence-electron chi connectivity index (χ0n) is 2.01. The van der Waals surface area contributed by atoms with E-state index in [1.54, 1.807) is 0 Å². The van der Waals surface area contributed by atoms with Crippen LogP contribution in [0.15, 0.2) is 0 Å². The third kappa shape index (κ3) is 11.2. The minimum atomic E-state index is 0. The van der Waals surface area contributed by atoms with Crippen LogP contribution in [-0.4, -0.2) is 48.7 Å². The fourth-order valence-electron chi connectivity index (χ4n) is 0. The van der Waals surface area contributed by atoms with Gasteiger partial charge in [-0.2, -0.15) is 0 Å². The van der Waals surface area contributed by atoms with Crippen LogP contribution in [0.5, 0.6) is 0 Å². The average molecular weight is 94.1 g/mol. The van der Waals surface area contributed by atoms with E-state index < -0.39 is 0 Å². The smallest absolute Gasteiger partial charge is 0.870 e. The van der Waals surface area contributed by atoms with Crippen molar-refractivity contribution in [2.45, 2.75) is 0 Å². The van der Waals surface area contributed by atoms with E-state index in [2.05, 4.69) is 0 Å². The Morgan fingerprint density at radius 1 is 0.750 bits per heavy atom. The normalized spacial score (nSPS) is 0. The molecule has 0 spiro atoms. The molecule has 0 fully saturated rings. The van der Waals surface area contributed by atoms with Crippen molar-refractivity contribution in [1.82, 2.24) is 0 Å². The SMILES string of the molecule is F.[Ca+2].[OH-].[OH-]. The molecule has 0 bridgehead atoms. The second kappa shape index (κ2) is 32.3. The topological polar surface area (TPSA) is 60.0 Å². The molecule has 0 unspecified atom stereocenters. The number of hydrogen-bond donors (Lipinski definition) is 0. The number of rotatable bonds is 0. The summed E-state index contributed by atoms with van der Waals surface area (Å²) in [5, 5.41) is 0. The Balaban J connectivity index is 0. The van der Waals surface area contributed by atoms with Crippen molar-refractivity contribution in [1.29, 1.82) is 0 Å². The molecule has 4 heavy (non-hydrogen) atoms. The van der Waals surface area contributed by atoms with Crippen LogP contribution in [0.4, 0.5) is 4.70 Å². The van der Waals surface area contributed by atoms with Gasteiger partial charge in [0.25, 0.3) is 0 Å². The maximum Gasteiger partial charge on any atom is 2.00 e. The summed E-state index contributed by atoms with van der Waals surface area (Å²) in [6.45, 7) is 0. The Morgan fingerprint density at radius 2 is 0.750 bits per heavy atom. The first-order chi connectivity index (χ1) is 0. The van der Waals surface area contributed by atoms with Crippen LogP contribution in [0, 0.1) is 0 Å². The van der Waals surface area contributed by atoms with Gasteiger partial charge >= 0.3 is 37.7 Å². The summed E-state index contributed by atoms with van der Waals surface area (Å²) in [4.78, 5) is 0. The predicted octanol–water partition coefficient (Wildman–Crippen LogP) is -0.582. The van der Waals surface area contributed by atoms with Crippen molar-refractivity contribution in [3.8, 4) is 0 Å². The second-order valence-electron chi connectivity index (χ2n) is 0. The van der Waals surface area contributed by atoms with Crippen LogP contribution in [0.3, 0.4) is 0 Å². The molecule has 0 amide bonds. The Kier molecular flexibility index (Phi) is 565.